The number of hydrogen-bond donors (Lipinski definition) is 0. The third-order valence-corrected chi connectivity index (χ3v) is 2.60. The second kappa shape index (κ2) is 6.36. The lowest BCUT2D eigenvalue weighted by molar-refractivity contribution is -0.385. The van der Waals surface area contributed by atoms with E-state index in [0.717, 1.165) is 17.0 Å². The van der Waals surface area contributed by atoms with Crippen molar-refractivity contribution in [1.82, 2.24) is 4.90 Å². The monoisotopic (exact) mass is 290 g/mol. The van der Waals surface area contributed by atoms with Gasteiger partial charge in [-0.05, 0) is 26.0 Å². The highest BCUT2D eigenvalue weighted by molar-refractivity contribution is 5.98. The van der Waals surface area contributed by atoms with E-state index in [9.17, 15) is 28.1 Å². The Bertz CT molecular complexity index is 521. The summed E-state index contributed by atoms with van der Waals surface area (Å²) in [6, 6.07) is 1.76. The van der Waals surface area contributed by atoms with Crippen LogP contribution in [0.3, 0.4) is 0 Å². The molecular formula is C12H13F3N2O3. The van der Waals surface area contributed by atoms with Crippen molar-refractivity contribution < 1.29 is 22.9 Å². The molecule has 0 aliphatic heterocycles. The first-order valence-corrected chi connectivity index (χ1v) is 5.77. The first kappa shape index (κ1) is 15.9. The summed E-state index contributed by atoms with van der Waals surface area (Å²) in [5.74, 6) is -1.84. The average molecular weight is 290 g/mol. The van der Waals surface area contributed by atoms with Gasteiger partial charge in [-0.15, -0.1) is 0 Å². The molecule has 1 aromatic rings. The third-order valence-electron chi connectivity index (χ3n) is 2.60. The van der Waals surface area contributed by atoms with Crippen LogP contribution in [0.4, 0.5) is 18.9 Å². The van der Waals surface area contributed by atoms with E-state index in [4.69, 9.17) is 0 Å². The molecule has 0 saturated heterocycles. The standard InChI is InChI=1S/C12H13F3N2O3/c1-7(2)16(6-11(14)15)12(18)9-5-8(13)3-4-10(9)17(19)20/h3-5,7,11H,6H2,1-2H3. The van der Waals surface area contributed by atoms with Gasteiger partial charge in [0.15, 0.2) is 0 Å². The Balaban J connectivity index is 3.23. The maximum atomic E-state index is 13.2. The van der Waals surface area contributed by atoms with E-state index in [0.29, 0.717) is 6.07 Å². The molecule has 0 spiro atoms. The highest BCUT2D eigenvalue weighted by Gasteiger charge is 2.28. The number of rotatable bonds is 5. The molecule has 0 N–H and O–H groups in total. The van der Waals surface area contributed by atoms with Crippen molar-refractivity contribution in [2.45, 2.75) is 26.3 Å². The lowest BCUT2D eigenvalue weighted by Crippen LogP contribution is -2.40. The van der Waals surface area contributed by atoms with Crippen molar-refractivity contribution in [1.29, 1.82) is 0 Å². The summed E-state index contributed by atoms with van der Waals surface area (Å²) >= 11 is 0. The number of alkyl halides is 2. The molecule has 110 valence electrons. The number of benzene rings is 1. The molecule has 1 aromatic carbocycles. The molecule has 0 atom stereocenters. The fourth-order valence-corrected chi connectivity index (χ4v) is 1.67. The average Bonchev–Trinajstić information content (AvgIpc) is 2.34. The largest absolute Gasteiger partial charge is 0.330 e. The maximum Gasteiger partial charge on any atom is 0.282 e. The molecule has 0 aliphatic rings. The highest BCUT2D eigenvalue weighted by Crippen LogP contribution is 2.22. The molecule has 0 aromatic heterocycles. The zero-order valence-corrected chi connectivity index (χ0v) is 10.8. The zero-order chi connectivity index (χ0) is 15.4. The first-order valence-electron chi connectivity index (χ1n) is 5.77. The predicted octanol–water partition coefficient (Wildman–Crippen LogP) is 2.85. The van der Waals surface area contributed by atoms with E-state index in [1.54, 1.807) is 0 Å². The van der Waals surface area contributed by atoms with E-state index >= 15 is 0 Å². The number of carbonyl (C=O) groups is 1. The summed E-state index contributed by atoms with van der Waals surface area (Å²) in [4.78, 5) is 22.9. The maximum absolute atomic E-state index is 13.2. The van der Waals surface area contributed by atoms with Gasteiger partial charge in [0.25, 0.3) is 18.0 Å². The molecule has 1 amide bonds. The van der Waals surface area contributed by atoms with Crippen molar-refractivity contribution in [2.75, 3.05) is 6.54 Å². The Labute approximate surface area is 113 Å². The minimum Gasteiger partial charge on any atom is -0.330 e. The molecular weight excluding hydrogens is 277 g/mol. The minimum atomic E-state index is -2.78. The molecule has 0 heterocycles. The molecule has 5 nitrogen and oxygen atoms in total. The lowest BCUT2D eigenvalue weighted by atomic mass is 10.1. The van der Waals surface area contributed by atoms with Crippen LogP contribution in [0.25, 0.3) is 0 Å². The fraction of sp³-hybridized carbons (Fsp3) is 0.417. The zero-order valence-electron chi connectivity index (χ0n) is 10.8. The fourth-order valence-electron chi connectivity index (χ4n) is 1.67. The van der Waals surface area contributed by atoms with Gasteiger partial charge in [-0.25, -0.2) is 13.2 Å². The molecule has 20 heavy (non-hydrogen) atoms. The van der Waals surface area contributed by atoms with E-state index < -0.39 is 46.9 Å². The molecule has 1 rings (SSSR count). The van der Waals surface area contributed by atoms with Gasteiger partial charge in [-0.1, -0.05) is 0 Å². The summed E-state index contributed by atoms with van der Waals surface area (Å²) in [5.41, 5.74) is -1.15. The van der Waals surface area contributed by atoms with Gasteiger partial charge in [0.1, 0.15) is 11.4 Å². The summed E-state index contributed by atoms with van der Waals surface area (Å²) in [7, 11) is 0. The van der Waals surface area contributed by atoms with Crippen molar-refractivity contribution in [3.63, 3.8) is 0 Å². The smallest absolute Gasteiger partial charge is 0.282 e. The van der Waals surface area contributed by atoms with Gasteiger partial charge in [0, 0.05) is 12.1 Å². The molecule has 0 fully saturated rings. The van der Waals surface area contributed by atoms with Gasteiger partial charge in [0.05, 0.1) is 11.5 Å². The Hall–Kier alpha value is -2.12. The van der Waals surface area contributed by atoms with Crippen LogP contribution in [0.1, 0.15) is 24.2 Å². The van der Waals surface area contributed by atoms with Gasteiger partial charge >= 0.3 is 0 Å². The number of halogens is 3. The van der Waals surface area contributed by atoms with Crippen LogP contribution in [0.15, 0.2) is 18.2 Å². The summed E-state index contributed by atoms with van der Waals surface area (Å²) in [6.07, 6.45) is -2.78. The Morgan fingerprint density at radius 2 is 2.00 bits per heavy atom. The Morgan fingerprint density at radius 3 is 2.45 bits per heavy atom. The van der Waals surface area contributed by atoms with Crippen molar-refractivity contribution in [3.05, 3.63) is 39.7 Å². The number of nitro benzene ring substituents is 1. The molecule has 0 unspecified atom stereocenters. The van der Waals surface area contributed by atoms with Crippen LogP contribution in [0.5, 0.6) is 0 Å². The van der Waals surface area contributed by atoms with Crippen LogP contribution in [-0.4, -0.2) is 34.7 Å². The number of carbonyl (C=O) groups excluding carboxylic acids is 1. The number of hydrogen-bond acceptors (Lipinski definition) is 3. The van der Waals surface area contributed by atoms with Crippen LogP contribution >= 0.6 is 0 Å². The number of nitrogens with zero attached hydrogens (tertiary/aromatic N) is 2. The van der Waals surface area contributed by atoms with Gasteiger partial charge < -0.3 is 4.90 Å². The topological polar surface area (TPSA) is 63.5 Å². The predicted molar refractivity (Wildman–Crippen MR) is 65.2 cm³/mol. The van der Waals surface area contributed by atoms with Crippen LogP contribution in [0.2, 0.25) is 0 Å². The van der Waals surface area contributed by atoms with E-state index in [-0.39, 0.29) is 0 Å². The SMILES string of the molecule is CC(C)N(CC(F)F)C(=O)c1cc(F)ccc1[N+](=O)[O-]. The van der Waals surface area contributed by atoms with Gasteiger partial charge in [-0.2, -0.15) is 0 Å². The lowest BCUT2D eigenvalue weighted by Gasteiger charge is -2.26. The minimum absolute atomic E-state index is 0.538. The van der Waals surface area contributed by atoms with Crippen LogP contribution in [-0.2, 0) is 0 Å². The van der Waals surface area contributed by atoms with Crippen LogP contribution < -0.4 is 0 Å². The van der Waals surface area contributed by atoms with E-state index in [2.05, 4.69) is 0 Å². The molecule has 0 radical (unpaired) electrons. The molecule has 8 heteroatoms. The summed E-state index contributed by atoms with van der Waals surface area (Å²) in [6.45, 7) is 2.11. The van der Waals surface area contributed by atoms with Gasteiger partial charge in [-0.3, -0.25) is 14.9 Å². The van der Waals surface area contributed by atoms with Crippen molar-refractivity contribution in [3.8, 4) is 0 Å². The quantitative estimate of drug-likeness (QED) is 0.618. The second-order valence-corrected chi connectivity index (χ2v) is 4.36. The van der Waals surface area contributed by atoms with E-state index in [1.807, 2.05) is 0 Å². The summed E-state index contributed by atoms with van der Waals surface area (Å²) in [5, 5.41) is 10.8. The van der Waals surface area contributed by atoms with Crippen LogP contribution in [0, 0.1) is 15.9 Å². The van der Waals surface area contributed by atoms with Crippen molar-refractivity contribution in [2.24, 2.45) is 0 Å². The molecule has 0 aliphatic carbocycles. The third kappa shape index (κ3) is 3.69. The molecule has 0 saturated carbocycles. The molecule has 0 bridgehead atoms. The highest BCUT2D eigenvalue weighted by atomic mass is 19.3. The Morgan fingerprint density at radius 1 is 1.40 bits per heavy atom. The summed E-state index contributed by atoms with van der Waals surface area (Å²) < 4.78 is 38.1. The van der Waals surface area contributed by atoms with Gasteiger partial charge in [0.2, 0.25) is 0 Å². The number of amides is 1. The normalized spacial score (nSPS) is 10.9. The first-order chi connectivity index (χ1) is 9.23. The number of nitro groups is 1. The van der Waals surface area contributed by atoms with E-state index in [1.165, 1.54) is 13.8 Å². The second-order valence-electron chi connectivity index (χ2n) is 4.36. The Kier molecular flexibility index (Phi) is 5.06. The van der Waals surface area contributed by atoms with Crippen molar-refractivity contribution >= 4 is 11.6 Å².